The average molecular weight is 461 g/mol. The molecule has 2 aliphatic heterocycles. The molecule has 6 heteroatoms. The Bertz CT molecular complexity index is 768. The molecule has 0 spiro atoms. The maximum Gasteiger partial charge on any atom is 0.184 e. The first-order valence-corrected chi connectivity index (χ1v) is 13.3. The highest BCUT2D eigenvalue weighted by atomic mass is 32.2. The molecule has 2 fully saturated rings. The smallest absolute Gasteiger partial charge is 0.184 e. The maximum absolute atomic E-state index is 6.64. The monoisotopic (exact) mass is 460 g/mol. The van der Waals surface area contributed by atoms with Crippen molar-refractivity contribution >= 4 is 23.5 Å². The van der Waals surface area contributed by atoms with Crippen LogP contribution in [0.4, 0.5) is 0 Å². The fraction of sp³-hybridized carbons (Fsp3) is 0.520. The van der Waals surface area contributed by atoms with E-state index in [4.69, 9.17) is 18.9 Å². The van der Waals surface area contributed by atoms with Crippen LogP contribution in [-0.2, 0) is 18.9 Å². The Morgan fingerprint density at radius 3 is 1.94 bits per heavy atom. The van der Waals surface area contributed by atoms with Crippen molar-refractivity contribution in [1.29, 1.82) is 0 Å². The predicted octanol–water partition coefficient (Wildman–Crippen LogP) is 6.20. The van der Waals surface area contributed by atoms with Gasteiger partial charge >= 0.3 is 0 Å². The molecule has 2 aliphatic rings. The molecule has 0 N–H and O–H groups in total. The second kappa shape index (κ2) is 11.7. The molecule has 0 saturated carbocycles. The number of hydrogen-bond donors (Lipinski definition) is 0. The minimum absolute atomic E-state index is 0.0767. The number of ether oxygens (including phenoxy) is 4. The summed E-state index contributed by atoms with van der Waals surface area (Å²) in [6, 6.07) is 20.3. The molecule has 0 unspecified atom stereocenters. The molecule has 2 saturated heterocycles. The van der Waals surface area contributed by atoms with Crippen LogP contribution in [0.1, 0.15) is 50.4 Å². The first-order chi connectivity index (χ1) is 15.3. The summed E-state index contributed by atoms with van der Waals surface area (Å²) in [5.41, 5.74) is 2.07. The molecular weight excluding hydrogens is 428 g/mol. The third-order valence-corrected chi connectivity index (χ3v) is 8.64. The summed E-state index contributed by atoms with van der Waals surface area (Å²) in [5, 5.41) is 0. The largest absolute Gasteiger partial charge is 0.346 e. The van der Waals surface area contributed by atoms with E-state index in [1.165, 1.54) is 0 Å². The number of thioether (sulfide) groups is 2. The van der Waals surface area contributed by atoms with Gasteiger partial charge in [0.05, 0.1) is 11.2 Å². The summed E-state index contributed by atoms with van der Waals surface area (Å²) in [5.74, 6) is 2.21. The Kier molecular flexibility index (Phi) is 8.76. The number of benzene rings is 2. The highest BCUT2D eigenvalue weighted by Gasteiger charge is 2.48. The molecule has 0 bridgehead atoms. The fourth-order valence-corrected chi connectivity index (χ4v) is 6.56. The normalized spacial score (nSPS) is 28.4. The number of fused-ring (bicyclic) bond motifs is 1. The van der Waals surface area contributed by atoms with Crippen LogP contribution < -0.4 is 0 Å². The van der Waals surface area contributed by atoms with Gasteiger partial charge in [0.15, 0.2) is 12.6 Å². The van der Waals surface area contributed by atoms with Crippen LogP contribution in [0.2, 0.25) is 0 Å². The van der Waals surface area contributed by atoms with E-state index in [9.17, 15) is 0 Å². The molecule has 2 heterocycles. The van der Waals surface area contributed by atoms with Gasteiger partial charge in [0.25, 0.3) is 0 Å². The second-order valence-electron chi connectivity index (χ2n) is 7.80. The minimum Gasteiger partial charge on any atom is -0.346 e. The summed E-state index contributed by atoms with van der Waals surface area (Å²) in [6.45, 7) is 4.95. The summed E-state index contributed by atoms with van der Waals surface area (Å²) in [6.07, 6.45) is 1.09. The van der Waals surface area contributed by atoms with Gasteiger partial charge in [-0.15, -0.1) is 23.5 Å². The second-order valence-corrected chi connectivity index (χ2v) is 10.6. The predicted molar refractivity (Wildman–Crippen MR) is 128 cm³/mol. The summed E-state index contributed by atoms with van der Waals surface area (Å²) < 4.78 is 25.9. The molecule has 4 nitrogen and oxygen atoms in total. The van der Waals surface area contributed by atoms with E-state index in [-0.39, 0.29) is 22.9 Å². The maximum atomic E-state index is 6.64. The van der Waals surface area contributed by atoms with E-state index in [0.29, 0.717) is 6.61 Å². The van der Waals surface area contributed by atoms with Crippen molar-refractivity contribution in [1.82, 2.24) is 0 Å². The Labute approximate surface area is 194 Å². The van der Waals surface area contributed by atoms with Crippen molar-refractivity contribution in [3.63, 3.8) is 0 Å². The molecule has 0 aromatic heterocycles. The Morgan fingerprint density at radius 2 is 1.35 bits per heavy atom. The van der Waals surface area contributed by atoms with Gasteiger partial charge in [0.1, 0.15) is 18.3 Å². The van der Waals surface area contributed by atoms with Crippen molar-refractivity contribution < 1.29 is 18.9 Å². The average Bonchev–Trinajstić information content (AvgIpc) is 2.84. The van der Waals surface area contributed by atoms with Crippen LogP contribution in [0.3, 0.4) is 0 Å². The highest BCUT2D eigenvalue weighted by molar-refractivity contribution is 8.17. The van der Waals surface area contributed by atoms with Gasteiger partial charge in [-0.3, -0.25) is 0 Å². The molecular formula is C25H32O4S2. The molecule has 0 aliphatic carbocycles. The van der Waals surface area contributed by atoms with Crippen LogP contribution in [0.25, 0.3) is 0 Å². The van der Waals surface area contributed by atoms with Crippen molar-refractivity contribution in [2.45, 2.75) is 62.2 Å². The lowest BCUT2D eigenvalue weighted by Crippen LogP contribution is -2.56. The van der Waals surface area contributed by atoms with E-state index in [0.717, 1.165) is 35.5 Å². The Morgan fingerprint density at radius 1 is 0.774 bits per heavy atom. The van der Waals surface area contributed by atoms with E-state index >= 15 is 0 Å². The van der Waals surface area contributed by atoms with Crippen LogP contribution in [0, 0.1) is 0 Å². The molecule has 168 valence electrons. The Balaban J connectivity index is 1.58. The quantitative estimate of drug-likeness (QED) is 0.415. The molecule has 0 amide bonds. The van der Waals surface area contributed by atoms with Gasteiger partial charge in [0.2, 0.25) is 0 Å². The van der Waals surface area contributed by atoms with Gasteiger partial charge in [-0.1, -0.05) is 74.5 Å². The van der Waals surface area contributed by atoms with Crippen LogP contribution in [-0.4, -0.2) is 41.0 Å². The van der Waals surface area contributed by atoms with Crippen molar-refractivity contribution in [2.75, 3.05) is 18.1 Å². The fourth-order valence-electron chi connectivity index (χ4n) is 3.84. The molecule has 31 heavy (non-hydrogen) atoms. The van der Waals surface area contributed by atoms with Crippen LogP contribution in [0.5, 0.6) is 0 Å². The lowest BCUT2D eigenvalue weighted by Gasteiger charge is -2.48. The third-order valence-electron chi connectivity index (χ3n) is 5.35. The van der Waals surface area contributed by atoms with Gasteiger partial charge in [-0.2, -0.15) is 0 Å². The zero-order valence-electron chi connectivity index (χ0n) is 18.2. The lowest BCUT2D eigenvalue weighted by molar-refractivity contribution is -0.361. The van der Waals surface area contributed by atoms with E-state index < -0.39 is 12.6 Å². The summed E-state index contributed by atoms with van der Waals surface area (Å²) in [4.78, 5) is 0. The summed E-state index contributed by atoms with van der Waals surface area (Å²) in [7, 11) is 0. The highest BCUT2D eigenvalue weighted by Crippen LogP contribution is 2.43. The van der Waals surface area contributed by atoms with Gasteiger partial charge in [-0.05, 0) is 24.3 Å². The van der Waals surface area contributed by atoms with Crippen LogP contribution in [0.15, 0.2) is 60.7 Å². The first kappa shape index (κ1) is 23.1. The first-order valence-electron chi connectivity index (χ1n) is 11.2. The standard InChI is InChI=1S/C25H32O4S2/c1-3-15-30-25(31-16-4-2)22-21-20(27-24(29-22)19-13-9-6-10-14-19)17-26-23(28-21)18-11-7-5-8-12-18/h5-14,20-25H,3-4,15-17H2,1-2H3/t20-,21-,22-,23+,24+/m1/s1. The van der Waals surface area contributed by atoms with Gasteiger partial charge < -0.3 is 18.9 Å². The SMILES string of the molecule is CCCSC(SCCC)[C@@H]1O[C@@H](c2ccccc2)O[C@@H]2CO[C@H](c3ccccc3)O[C@H]21. The molecule has 5 atom stereocenters. The minimum atomic E-state index is -0.403. The topological polar surface area (TPSA) is 36.9 Å². The van der Waals surface area contributed by atoms with E-state index in [1.807, 2.05) is 72.1 Å². The summed E-state index contributed by atoms with van der Waals surface area (Å²) >= 11 is 3.96. The molecule has 2 aromatic carbocycles. The zero-order valence-corrected chi connectivity index (χ0v) is 19.9. The molecule has 2 aromatic rings. The van der Waals surface area contributed by atoms with E-state index in [1.54, 1.807) is 0 Å². The van der Waals surface area contributed by atoms with Crippen LogP contribution >= 0.6 is 23.5 Å². The number of rotatable bonds is 9. The molecule has 4 rings (SSSR count). The lowest BCUT2D eigenvalue weighted by atomic mass is 10.0. The Hall–Kier alpha value is -1.02. The number of hydrogen-bond acceptors (Lipinski definition) is 6. The molecule has 0 radical (unpaired) electrons. The van der Waals surface area contributed by atoms with Gasteiger partial charge in [0, 0.05) is 11.1 Å². The van der Waals surface area contributed by atoms with Crippen molar-refractivity contribution in [3.05, 3.63) is 71.8 Å². The van der Waals surface area contributed by atoms with Gasteiger partial charge in [-0.25, -0.2) is 0 Å². The van der Waals surface area contributed by atoms with E-state index in [2.05, 4.69) is 26.0 Å². The van der Waals surface area contributed by atoms with Crippen molar-refractivity contribution in [3.8, 4) is 0 Å². The third kappa shape index (κ3) is 5.86. The zero-order chi connectivity index (χ0) is 21.5. The van der Waals surface area contributed by atoms with Crippen molar-refractivity contribution in [2.24, 2.45) is 0 Å².